The second kappa shape index (κ2) is 6.93. The first kappa shape index (κ1) is 19.3. The molecule has 30 heavy (non-hydrogen) atoms. The number of rotatable bonds is 3. The quantitative estimate of drug-likeness (QED) is 0.583. The minimum Gasteiger partial charge on any atom is -0.435 e. The molecule has 2 fully saturated rings. The van der Waals surface area contributed by atoms with Crippen LogP contribution in [0, 0.1) is 23.7 Å². The van der Waals surface area contributed by atoms with E-state index in [1.807, 2.05) is 42.2 Å². The van der Waals surface area contributed by atoms with Crippen molar-refractivity contribution < 1.29 is 9.21 Å². The van der Waals surface area contributed by atoms with Gasteiger partial charge in [-0.3, -0.25) is 9.69 Å². The summed E-state index contributed by atoms with van der Waals surface area (Å²) in [5, 5.41) is 9.66. The van der Waals surface area contributed by atoms with Crippen LogP contribution in [-0.2, 0) is 11.3 Å². The Hall–Kier alpha value is -2.69. The van der Waals surface area contributed by atoms with Crippen molar-refractivity contribution in [2.45, 2.75) is 20.4 Å². The van der Waals surface area contributed by atoms with Crippen LogP contribution >= 0.6 is 15.9 Å². The fourth-order valence-corrected chi connectivity index (χ4v) is 5.04. The maximum absolute atomic E-state index is 11.4. The number of nitriles is 1. The van der Waals surface area contributed by atoms with Gasteiger partial charge in [0.2, 0.25) is 11.8 Å². The van der Waals surface area contributed by atoms with Crippen LogP contribution in [0.3, 0.4) is 0 Å². The minimum absolute atomic E-state index is 0.158. The smallest absolute Gasteiger partial charge is 0.227 e. The Morgan fingerprint density at radius 1 is 1.30 bits per heavy atom. The molecule has 0 N–H and O–H groups in total. The van der Waals surface area contributed by atoms with Crippen LogP contribution in [0.1, 0.15) is 23.6 Å². The molecule has 2 aliphatic rings. The number of nitrogens with zero attached hydrogens (tertiary/aromatic N) is 4. The van der Waals surface area contributed by atoms with Crippen molar-refractivity contribution in [3.63, 3.8) is 0 Å². The summed E-state index contributed by atoms with van der Waals surface area (Å²) >= 11 is 3.55. The minimum atomic E-state index is 0.158. The molecule has 7 heteroatoms. The highest BCUT2D eigenvalue weighted by atomic mass is 79.9. The van der Waals surface area contributed by atoms with E-state index in [0.29, 0.717) is 22.6 Å². The van der Waals surface area contributed by atoms with Crippen LogP contribution in [0.25, 0.3) is 22.6 Å². The number of hydrogen-bond donors (Lipinski definition) is 0. The van der Waals surface area contributed by atoms with E-state index in [1.54, 1.807) is 6.92 Å². The molecule has 5 rings (SSSR count). The summed E-state index contributed by atoms with van der Waals surface area (Å²) in [5.41, 5.74) is 5.04. The van der Waals surface area contributed by atoms with Gasteiger partial charge in [-0.2, -0.15) is 5.26 Å². The summed E-state index contributed by atoms with van der Waals surface area (Å²) in [6.45, 7) is 8.10. The third kappa shape index (κ3) is 3.11. The van der Waals surface area contributed by atoms with Crippen LogP contribution in [0.2, 0.25) is 0 Å². The van der Waals surface area contributed by atoms with Crippen molar-refractivity contribution in [2.24, 2.45) is 5.41 Å². The molecule has 2 aromatic carbocycles. The number of fused-ring (bicyclic) bond motifs is 1. The van der Waals surface area contributed by atoms with Gasteiger partial charge in [0, 0.05) is 55.1 Å². The number of halogens is 1. The number of benzene rings is 2. The summed E-state index contributed by atoms with van der Waals surface area (Å²) in [6.07, 6.45) is 0. The van der Waals surface area contributed by atoms with E-state index in [4.69, 9.17) is 4.42 Å². The number of amides is 1. The van der Waals surface area contributed by atoms with Crippen LogP contribution in [-0.4, -0.2) is 46.9 Å². The Balaban J connectivity index is 1.38. The van der Waals surface area contributed by atoms with Gasteiger partial charge in [-0.25, -0.2) is 4.98 Å². The Morgan fingerprint density at radius 3 is 2.77 bits per heavy atom. The van der Waals surface area contributed by atoms with E-state index in [-0.39, 0.29) is 11.3 Å². The van der Waals surface area contributed by atoms with E-state index >= 15 is 0 Å². The van der Waals surface area contributed by atoms with Crippen molar-refractivity contribution in [3.8, 4) is 17.5 Å². The Labute approximate surface area is 183 Å². The molecule has 3 heterocycles. The summed E-state index contributed by atoms with van der Waals surface area (Å²) < 4.78 is 7.00. The maximum Gasteiger partial charge on any atom is 0.227 e. The average molecular weight is 465 g/mol. The van der Waals surface area contributed by atoms with Crippen molar-refractivity contribution in [3.05, 3.63) is 51.5 Å². The van der Waals surface area contributed by atoms with Crippen molar-refractivity contribution in [1.29, 1.82) is 5.26 Å². The summed E-state index contributed by atoms with van der Waals surface area (Å²) in [4.78, 5) is 20.4. The lowest BCUT2D eigenvalue weighted by Crippen LogP contribution is -2.72. The summed E-state index contributed by atoms with van der Waals surface area (Å²) in [6, 6.07) is 12.1. The highest BCUT2D eigenvalue weighted by Crippen LogP contribution is 2.40. The molecule has 1 amide bonds. The molecule has 0 atom stereocenters. The van der Waals surface area contributed by atoms with Gasteiger partial charge in [0.15, 0.2) is 5.58 Å². The SMILES string of the molecule is CC(=O)N1CC2(CN(Cc3cc(C#N)c4oc(-c5cccc(Br)c5C)nc4c3)C2)C1. The molecule has 3 aromatic rings. The second-order valence-electron chi connectivity index (χ2n) is 8.56. The standard InChI is InChI=1S/C23H21BrN4O2/c1-14-18(4-3-5-19(14)24)22-26-20-7-16(6-17(8-25)21(20)30-22)9-27-10-23(11-27)12-28(13-23)15(2)29/h3-7H,9-13H2,1-2H3. The molecule has 6 nitrogen and oxygen atoms in total. The molecule has 152 valence electrons. The molecule has 2 saturated heterocycles. The Morgan fingerprint density at radius 2 is 2.07 bits per heavy atom. The van der Waals surface area contributed by atoms with Crippen LogP contribution in [0.15, 0.2) is 39.2 Å². The lowest BCUT2D eigenvalue weighted by atomic mass is 9.72. The first-order valence-corrected chi connectivity index (χ1v) is 10.7. The molecule has 0 radical (unpaired) electrons. The van der Waals surface area contributed by atoms with Crippen LogP contribution < -0.4 is 0 Å². The highest BCUT2D eigenvalue weighted by molar-refractivity contribution is 9.10. The molecule has 0 aliphatic carbocycles. The second-order valence-corrected chi connectivity index (χ2v) is 9.41. The number of aromatic nitrogens is 1. The van der Waals surface area contributed by atoms with Gasteiger partial charge in [0.1, 0.15) is 11.6 Å². The van der Waals surface area contributed by atoms with E-state index in [9.17, 15) is 10.1 Å². The van der Waals surface area contributed by atoms with Crippen molar-refractivity contribution >= 4 is 32.9 Å². The molecule has 0 unspecified atom stereocenters. The highest BCUT2D eigenvalue weighted by Gasteiger charge is 2.52. The Kier molecular flexibility index (Phi) is 4.46. The zero-order chi connectivity index (χ0) is 21.0. The summed E-state index contributed by atoms with van der Waals surface area (Å²) in [7, 11) is 0. The third-order valence-corrected chi connectivity index (χ3v) is 7.05. The molecule has 1 spiro atoms. The molecule has 2 aliphatic heterocycles. The van der Waals surface area contributed by atoms with Gasteiger partial charge < -0.3 is 9.32 Å². The number of hydrogen-bond acceptors (Lipinski definition) is 5. The topological polar surface area (TPSA) is 73.4 Å². The first-order valence-electron chi connectivity index (χ1n) is 9.94. The molecule has 0 bridgehead atoms. The number of likely N-dealkylation sites (tertiary alicyclic amines) is 2. The van der Waals surface area contributed by atoms with E-state index in [0.717, 1.165) is 53.9 Å². The van der Waals surface area contributed by atoms with Gasteiger partial charge in [-0.1, -0.05) is 22.0 Å². The third-order valence-electron chi connectivity index (χ3n) is 6.19. The number of carbonyl (C=O) groups excluding carboxylic acids is 1. The fourth-order valence-electron chi connectivity index (χ4n) is 4.68. The predicted octanol–water partition coefficient (Wildman–Crippen LogP) is 4.10. The molecule has 0 saturated carbocycles. The fraction of sp³-hybridized carbons (Fsp3) is 0.348. The molecular formula is C23H21BrN4O2. The van der Waals surface area contributed by atoms with E-state index < -0.39 is 0 Å². The number of oxazole rings is 1. The zero-order valence-electron chi connectivity index (χ0n) is 16.9. The number of carbonyl (C=O) groups is 1. The summed E-state index contributed by atoms with van der Waals surface area (Å²) in [5.74, 6) is 0.685. The first-order chi connectivity index (χ1) is 14.4. The van der Waals surface area contributed by atoms with Crippen LogP contribution in [0.4, 0.5) is 0 Å². The Bertz CT molecular complexity index is 1210. The zero-order valence-corrected chi connectivity index (χ0v) is 18.5. The van der Waals surface area contributed by atoms with E-state index in [1.165, 1.54) is 0 Å². The predicted molar refractivity (Wildman–Crippen MR) is 117 cm³/mol. The van der Waals surface area contributed by atoms with Gasteiger partial charge in [-0.05, 0) is 42.3 Å². The van der Waals surface area contributed by atoms with Gasteiger partial charge in [-0.15, -0.1) is 0 Å². The lowest BCUT2D eigenvalue weighted by Gasteiger charge is -2.60. The normalized spacial score (nSPS) is 17.6. The van der Waals surface area contributed by atoms with Crippen molar-refractivity contribution in [1.82, 2.24) is 14.8 Å². The lowest BCUT2D eigenvalue weighted by molar-refractivity contribution is -0.157. The maximum atomic E-state index is 11.4. The van der Waals surface area contributed by atoms with Gasteiger partial charge in [0.05, 0.1) is 5.56 Å². The van der Waals surface area contributed by atoms with Gasteiger partial charge in [0.25, 0.3) is 0 Å². The van der Waals surface area contributed by atoms with E-state index in [2.05, 4.69) is 31.9 Å². The van der Waals surface area contributed by atoms with Crippen molar-refractivity contribution in [2.75, 3.05) is 26.2 Å². The average Bonchev–Trinajstić information content (AvgIpc) is 3.07. The monoisotopic (exact) mass is 464 g/mol. The molecular weight excluding hydrogens is 444 g/mol. The van der Waals surface area contributed by atoms with Crippen LogP contribution in [0.5, 0.6) is 0 Å². The van der Waals surface area contributed by atoms with Gasteiger partial charge >= 0.3 is 0 Å². The largest absolute Gasteiger partial charge is 0.435 e. The molecule has 1 aromatic heterocycles.